The van der Waals surface area contributed by atoms with Gasteiger partial charge in [0.05, 0.1) is 10.6 Å². The van der Waals surface area contributed by atoms with Crippen LogP contribution < -0.4 is 9.62 Å². The van der Waals surface area contributed by atoms with Gasteiger partial charge in [0.2, 0.25) is 11.8 Å². The number of aryl methyl sites for hydroxylation is 1. The Hall–Kier alpha value is -3.85. The van der Waals surface area contributed by atoms with Crippen molar-refractivity contribution in [2.75, 3.05) is 10.8 Å². The molecule has 1 N–H and O–H groups in total. The number of hydrogen-bond donors (Lipinski definition) is 1. The number of amides is 2. The number of nitrogens with zero attached hydrogens (tertiary/aromatic N) is 2. The first-order chi connectivity index (χ1) is 21.0. The van der Waals surface area contributed by atoms with Crippen LogP contribution in [-0.4, -0.2) is 43.8 Å². The van der Waals surface area contributed by atoms with E-state index in [2.05, 4.69) is 5.32 Å². The van der Waals surface area contributed by atoms with Gasteiger partial charge in [0.15, 0.2) is 0 Å². The molecule has 0 unspecified atom stereocenters. The van der Waals surface area contributed by atoms with E-state index in [-0.39, 0.29) is 35.5 Å². The van der Waals surface area contributed by atoms with Gasteiger partial charge in [-0.1, -0.05) is 89.9 Å². The molecule has 0 aromatic heterocycles. The van der Waals surface area contributed by atoms with Gasteiger partial charge >= 0.3 is 0 Å². The van der Waals surface area contributed by atoms with E-state index in [4.69, 9.17) is 23.2 Å². The number of carbonyl (C=O) groups excluding carboxylic acids is 2. The van der Waals surface area contributed by atoms with E-state index in [9.17, 15) is 18.0 Å². The smallest absolute Gasteiger partial charge is 0.264 e. The summed E-state index contributed by atoms with van der Waals surface area (Å²) in [6.07, 6.45) is 0.216. The Balaban J connectivity index is 1.82. The van der Waals surface area contributed by atoms with E-state index in [0.29, 0.717) is 15.6 Å². The maximum absolute atomic E-state index is 14.4. The maximum Gasteiger partial charge on any atom is 0.264 e. The number of benzene rings is 4. The highest BCUT2D eigenvalue weighted by Gasteiger charge is 2.35. The Labute approximate surface area is 269 Å². The van der Waals surface area contributed by atoms with Gasteiger partial charge in [-0.25, -0.2) is 8.42 Å². The van der Waals surface area contributed by atoms with Crippen molar-refractivity contribution >= 4 is 50.7 Å². The fraction of sp³-hybridized carbons (Fsp3) is 0.235. The van der Waals surface area contributed by atoms with Crippen molar-refractivity contribution in [1.29, 1.82) is 0 Å². The first-order valence-electron chi connectivity index (χ1n) is 14.2. The van der Waals surface area contributed by atoms with Crippen LogP contribution in [0.25, 0.3) is 0 Å². The third-order valence-corrected chi connectivity index (χ3v) is 9.43. The molecule has 44 heavy (non-hydrogen) atoms. The number of carbonyl (C=O) groups is 2. The summed E-state index contributed by atoms with van der Waals surface area (Å²) in [6, 6.07) is 28.0. The van der Waals surface area contributed by atoms with Crippen molar-refractivity contribution in [1.82, 2.24) is 10.2 Å². The van der Waals surface area contributed by atoms with Gasteiger partial charge in [0.25, 0.3) is 10.0 Å². The monoisotopic (exact) mass is 651 g/mol. The van der Waals surface area contributed by atoms with Crippen LogP contribution in [0.2, 0.25) is 10.0 Å². The summed E-state index contributed by atoms with van der Waals surface area (Å²) in [5.41, 5.74) is 2.53. The number of anilines is 1. The van der Waals surface area contributed by atoms with Crippen molar-refractivity contribution in [2.45, 2.75) is 50.7 Å². The lowest BCUT2D eigenvalue weighted by atomic mass is 10.0. The second kappa shape index (κ2) is 14.8. The zero-order chi connectivity index (χ0) is 31.9. The molecule has 0 aliphatic carbocycles. The summed E-state index contributed by atoms with van der Waals surface area (Å²) < 4.78 is 29.1. The molecular weight excluding hydrogens is 617 g/mol. The largest absolute Gasteiger partial charge is 0.352 e. The number of halogens is 2. The molecule has 230 valence electrons. The highest BCUT2D eigenvalue weighted by Crippen LogP contribution is 2.29. The highest BCUT2D eigenvalue weighted by molar-refractivity contribution is 7.92. The predicted octanol–water partition coefficient (Wildman–Crippen LogP) is 6.66. The van der Waals surface area contributed by atoms with Crippen LogP contribution in [-0.2, 0) is 32.6 Å². The minimum atomic E-state index is -4.21. The molecule has 0 saturated carbocycles. The van der Waals surface area contributed by atoms with Gasteiger partial charge in [-0.2, -0.15) is 0 Å². The van der Waals surface area contributed by atoms with E-state index in [1.54, 1.807) is 48.5 Å². The van der Waals surface area contributed by atoms with Crippen LogP contribution in [0.3, 0.4) is 0 Å². The topological polar surface area (TPSA) is 86.8 Å². The van der Waals surface area contributed by atoms with Gasteiger partial charge in [-0.3, -0.25) is 13.9 Å². The Kier molecular flexibility index (Phi) is 11.1. The van der Waals surface area contributed by atoms with Gasteiger partial charge in [0.1, 0.15) is 12.6 Å². The van der Waals surface area contributed by atoms with Crippen molar-refractivity contribution in [3.05, 3.63) is 130 Å². The molecule has 0 aliphatic rings. The predicted molar refractivity (Wildman–Crippen MR) is 176 cm³/mol. The van der Waals surface area contributed by atoms with E-state index >= 15 is 0 Å². The third kappa shape index (κ3) is 8.40. The number of nitrogens with one attached hydrogen (secondary N) is 1. The Morgan fingerprint density at radius 1 is 0.818 bits per heavy atom. The fourth-order valence-corrected chi connectivity index (χ4v) is 6.57. The zero-order valence-corrected chi connectivity index (χ0v) is 27.1. The molecule has 0 saturated heterocycles. The summed E-state index contributed by atoms with van der Waals surface area (Å²) >= 11 is 12.7. The van der Waals surface area contributed by atoms with Crippen LogP contribution in [0.5, 0.6) is 0 Å². The first kappa shape index (κ1) is 33.1. The molecule has 2 amide bonds. The summed E-state index contributed by atoms with van der Waals surface area (Å²) in [5.74, 6) is -0.920. The minimum Gasteiger partial charge on any atom is -0.352 e. The maximum atomic E-state index is 14.4. The van der Waals surface area contributed by atoms with Crippen LogP contribution in [0.1, 0.15) is 30.5 Å². The number of hydrogen-bond acceptors (Lipinski definition) is 4. The lowest BCUT2D eigenvalue weighted by molar-refractivity contribution is -0.140. The molecule has 0 bridgehead atoms. The lowest BCUT2D eigenvalue weighted by Crippen LogP contribution is -2.54. The summed E-state index contributed by atoms with van der Waals surface area (Å²) in [5, 5.41) is 3.78. The third-order valence-electron chi connectivity index (χ3n) is 7.00. The van der Waals surface area contributed by atoms with E-state index in [0.717, 1.165) is 15.4 Å². The van der Waals surface area contributed by atoms with Crippen LogP contribution >= 0.6 is 23.2 Å². The van der Waals surface area contributed by atoms with E-state index in [1.165, 1.54) is 23.1 Å². The standard InChI is InChI=1S/C34H35Cl2N3O4S/c1-24(2)37-34(41)32(20-26-11-6-4-7-12-26)38(22-27-13-10-14-28(35)19-27)33(40)23-39(29-18-17-25(3)31(36)21-29)44(42,43)30-15-8-5-9-16-30/h4-19,21,24,32H,20,22-23H2,1-3H3,(H,37,41)/t32-/m1/s1. The molecule has 4 rings (SSSR count). The second-order valence-electron chi connectivity index (χ2n) is 10.8. The van der Waals surface area contributed by atoms with Crippen molar-refractivity contribution in [3.63, 3.8) is 0 Å². The normalized spacial score (nSPS) is 12.0. The van der Waals surface area contributed by atoms with Crippen LogP contribution in [0, 0.1) is 6.92 Å². The summed E-state index contributed by atoms with van der Waals surface area (Å²) in [6.45, 7) is 4.95. The summed E-state index contributed by atoms with van der Waals surface area (Å²) in [7, 11) is -4.21. The molecular formula is C34H35Cl2N3O4S. The first-order valence-corrected chi connectivity index (χ1v) is 16.4. The molecule has 1 atom stereocenters. The molecule has 0 radical (unpaired) electrons. The van der Waals surface area contributed by atoms with Gasteiger partial charge in [-0.05, 0) is 73.9 Å². The molecule has 4 aromatic carbocycles. The Morgan fingerprint density at radius 3 is 2.07 bits per heavy atom. The van der Waals surface area contributed by atoms with Crippen LogP contribution in [0.4, 0.5) is 5.69 Å². The molecule has 0 aliphatic heterocycles. The Morgan fingerprint density at radius 2 is 1.45 bits per heavy atom. The van der Waals surface area contributed by atoms with E-state index in [1.807, 2.05) is 57.2 Å². The SMILES string of the molecule is Cc1ccc(N(CC(=O)N(Cc2cccc(Cl)c2)[C@H](Cc2ccccc2)C(=O)NC(C)C)S(=O)(=O)c2ccccc2)cc1Cl. The average Bonchev–Trinajstić information content (AvgIpc) is 2.99. The zero-order valence-electron chi connectivity index (χ0n) is 24.8. The highest BCUT2D eigenvalue weighted by atomic mass is 35.5. The van der Waals surface area contributed by atoms with E-state index < -0.39 is 28.5 Å². The molecule has 0 fully saturated rings. The second-order valence-corrected chi connectivity index (χ2v) is 13.5. The lowest BCUT2D eigenvalue weighted by Gasteiger charge is -2.34. The van der Waals surface area contributed by atoms with Crippen molar-refractivity contribution in [3.8, 4) is 0 Å². The van der Waals surface area contributed by atoms with Crippen molar-refractivity contribution in [2.24, 2.45) is 0 Å². The van der Waals surface area contributed by atoms with Crippen LogP contribution in [0.15, 0.2) is 108 Å². The van der Waals surface area contributed by atoms with Gasteiger partial charge in [-0.15, -0.1) is 0 Å². The molecule has 0 spiro atoms. The average molecular weight is 653 g/mol. The number of rotatable bonds is 12. The molecule has 10 heteroatoms. The summed E-state index contributed by atoms with van der Waals surface area (Å²) in [4.78, 5) is 29.6. The Bertz CT molecular complexity index is 1700. The fourth-order valence-electron chi connectivity index (χ4n) is 4.75. The minimum absolute atomic E-state index is 0.0178. The van der Waals surface area contributed by atoms with Crippen molar-refractivity contribution < 1.29 is 18.0 Å². The van der Waals surface area contributed by atoms with Gasteiger partial charge in [0, 0.05) is 29.1 Å². The number of sulfonamides is 1. The molecule has 4 aromatic rings. The molecule has 7 nitrogen and oxygen atoms in total. The quantitative estimate of drug-likeness (QED) is 0.186. The molecule has 0 heterocycles. The van der Waals surface area contributed by atoms with Gasteiger partial charge < -0.3 is 10.2 Å².